The maximum Gasteiger partial charge on any atom is 0.0406 e. The molecule has 0 radical (unpaired) electrons. The van der Waals surface area contributed by atoms with Crippen molar-refractivity contribution in [3.8, 4) is 0 Å². The van der Waals surface area contributed by atoms with Gasteiger partial charge < -0.3 is 5.32 Å². The Hall–Kier alpha value is -0.180. The zero-order valence-electron chi connectivity index (χ0n) is 9.16. The van der Waals surface area contributed by atoms with E-state index in [1.807, 2.05) is 23.9 Å². The van der Waals surface area contributed by atoms with Crippen LogP contribution in [-0.4, -0.2) is 17.3 Å². The number of halogens is 1. The molecule has 1 nitrogen and oxygen atoms in total. The van der Waals surface area contributed by atoms with Crippen LogP contribution in [0, 0.1) is 0 Å². The molecular weight excluding hydrogens is 238 g/mol. The van der Waals surface area contributed by atoms with Crippen LogP contribution < -0.4 is 5.32 Å². The van der Waals surface area contributed by atoms with Crippen molar-refractivity contribution in [1.82, 2.24) is 5.32 Å². The van der Waals surface area contributed by atoms with Crippen LogP contribution in [0.5, 0.6) is 0 Å². The van der Waals surface area contributed by atoms with Gasteiger partial charge in [0.15, 0.2) is 0 Å². The first kappa shape index (κ1) is 10.9. The number of hydrogen-bond acceptors (Lipinski definition) is 2. The Morgan fingerprint density at radius 3 is 2.31 bits per heavy atom. The fourth-order valence-corrected chi connectivity index (χ4v) is 4.27. The van der Waals surface area contributed by atoms with E-state index in [1.54, 1.807) is 0 Å². The van der Waals surface area contributed by atoms with Gasteiger partial charge in [0.2, 0.25) is 0 Å². The van der Waals surface area contributed by atoms with Gasteiger partial charge in [-0.1, -0.05) is 11.6 Å². The highest BCUT2D eigenvalue weighted by atomic mass is 35.5. The van der Waals surface area contributed by atoms with E-state index in [-0.39, 0.29) is 0 Å². The van der Waals surface area contributed by atoms with Crippen molar-refractivity contribution in [1.29, 1.82) is 0 Å². The largest absolute Gasteiger partial charge is 0.311 e. The number of nitrogens with one attached hydrogen (secondary N) is 1. The van der Waals surface area contributed by atoms with Gasteiger partial charge in [-0.25, -0.2) is 0 Å². The van der Waals surface area contributed by atoms with E-state index in [2.05, 4.69) is 17.4 Å². The van der Waals surface area contributed by atoms with Crippen molar-refractivity contribution >= 4 is 23.4 Å². The second kappa shape index (κ2) is 4.59. The van der Waals surface area contributed by atoms with Crippen LogP contribution >= 0.6 is 23.4 Å². The third-order valence-electron chi connectivity index (χ3n) is 3.55. The van der Waals surface area contributed by atoms with Gasteiger partial charge in [-0.2, -0.15) is 0 Å². The molecule has 0 aliphatic carbocycles. The summed E-state index contributed by atoms with van der Waals surface area (Å²) in [6.07, 6.45) is 5.40. The summed E-state index contributed by atoms with van der Waals surface area (Å²) in [5.41, 5.74) is 0. The summed E-state index contributed by atoms with van der Waals surface area (Å²) in [5.74, 6) is 0. The van der Waals surface area contributed by atoms with E-state index in [1.165, 1.54) is 30.6 Å². The minimum absolute atomic E-state index is 0.781. The summed E-state index contributed by atoms with van der Waals surface area (Å²) in [4.78, 5) is 1.36. The molecule has 0 unspecified atom stereocenters. The van der Waals surface area contributed by atoms with Gasteiger partial charge >= 0.3 is 0 Å². The van der Waals surface area contributed by atoms with Crippen LogP contribution in [0.2, 0.25) is 5.02 Å². The fourth-order valence-electron chi connectivity index (χ4n) is 2.81. The molecule has 86 valence electrons. The highest BCUT2D eigenvalue weighted by molar-refractivity contribution is 8.00. The zero-order valence-corrected chi connectivity index (χ0v) is 10.7. The molecule has 2 bridgehead atoms. The molecule has 2 aliphatic rings. The number of piperidine rings is 1. The molecule has 2 atom stereocenters. The van der Waals surface area contributed by atoms with Crippen LogP contribution in [0.15, 0.2) is 29.2 Å². The molecule has 0 aromatic heterocycles. The molecule has 3 heteroatoms. The second-order valence-corrected chi connectivity index (χ2v) is 6.61. The fraction of sp³-hybridized carbons (Fsp3) is 0.538. The van der Waals surface area contributed by atoms with Gasteiger partial charge in [0, 0.05) is 27.3 Å². The number of thioether (sulfide) groups is 1. The zero-order chi connectivity index (χ0) is 11.0. The predicted octanol–water partition coefficient (Wildman–Crippen LogP) is 3.72. The molecule has 3 rings (SSSR count). The normalized spacial score (nSPS) is 32.9. The topological polar surface area (TPSA) is 12.0 Å². The van der Waals surface area contributed by atoms with Gasteiger partial charge in [0.1, 0.15) is 0 Å². The quantitative estimate of drug-likeness (QED) is 0.862. The number of rotatable bonds is 2. The van der Waals surface area contributed by atoms with Crippen molar-refractivity contribution in [3.05, 3.63) is 29.3 Å². The smallest absolute Gasteiger partial charge is 0.0406 e. The highest BCUT2D eigenvalue weighted by Crippen LogP contribution is 2.37. The highest BCUT2D eigenvalue weighted by Gasteiger charge is 2.33. The Labute approximate surface area is 106 Å². The van der Waals surface area contributed by atoms with Gasteiger partial charge in [-0.15, -0.1) is 11.8 Å². The Bertz CT molecular complexity index is 353. The summed E-state index contributed by atoms with van der Waals surface area (Å²) >= 11 is 7.91. The lowest BCUT2D eigenvalue weighted by atomic mass is 10.1. The van der Waals surface area contributed by atoms with E-state index in [0.29, 0.717) is 0 Å². The lowest BCUT2D eigenvalue weighted by Gasteiger charge is -2.28. The summed E-state index contributed by atoms with van der Waals surface area (Å²) in [7, 11) is 0. The monoisotopic (exact) mass is 253 g/mol. The minimum Gasteiger partial charge on any atom is -0.311 e. The van der Waals surface area contributed by atoms with Gasteiger partial charge in [0.05, 0.1) is 0 Å². The molecule has 2 saturated heterocycles. The Kier molecular flexibility index (Phi) is 3.14. The molecule has 16 heavy (non-hydrogen) atoms. The molecule has 0 saturated carbocycles. The molecule has 2 aliphatic heterocycles. The summed E-state index contributed by atoms with van der Waals surface area (Å²) < 4.78 is 0. The average Bonchev–Trinajstić information content (AvgIpc) is 2.62. The van der Waals surface area contributed by atoms with Gasteiger partial charge in [0.25, 0.3) is 0 Å². The molecule has 1 N–H and O–H groups in total. The van der Waals surface area contributed by atoms with Crippen molar-refractivity contribution in [2.24, 2.45) is 0 Å². The third-order valence-corrected chi connectivity index (χ3v) is 5.06. The first-order valence-corrected chi connectivity index (χ1v) is 7.23. The molecule has 0 spiro atoms. The van der Waals surface area contributed by atoms with Crippen LogP contribution in [0.1, 0.15) is 25.7 Å². The Balaban J connectivity index is 1.64. The lowest BCUT2D eigenvalue weighted by Crippen LogP contribution is -2.39. The number of fused-ring (bicyclic) bond motifs is 2. The van der Waals surface area contributed by atoms with Crippen LogP contribution in [0.25, 0.3) is 0 Å². The first-order valence-electron chi connectivity index (χ1n) is 5.98. The second-order valence-electron chi connectivity index (χ2n) is 4.80. The Morgan fingerprint density at radius 1 is 1.06 bits per heavy atom. The van der Waals surface area contributed by atoms with E-state index in [0.717, 1.165) is 22.4 Å². The first-order chi connectivity index (χ1) is 7.79. The van der Waals surface area contributed by atoms with Crippen molar-refractivity contribution < 1.29 is 0 Å². The third kappa shape index (κ3) is 2.39. The molecular formula is C13H16ClNS. The Morgan fingerprint density at radius 2 is 1.69 bits per heavy atom. The van der Waals surface area contributed by atoms with Crippen molar-refractivity contribution in [2.75, 3.05) is 0 Å². The van der Waals surface area contributed by atoms with Gasteiger partial charge in [-0.05, 0) is 49.9 Å². The van der Waals surface area contributed by atoms with E-state index < -0.39 is 0 Å². The van der Waals surface area contributed by atoms with Crippen LogP contribution in [-0.2, 0) is 0 Å². The lowest BCUT2D eigenvalue weighted by molar-refractivity contribution is 0.415. The number of benzene rings is 1. The maximum absolute atomic E-state index is 5.89. The minimum atomic E-state index is 0.781. The summed E-state index contributed by atoms with van der Waals surface area (Å²) in [6.45, 7) is 0. The average molecular weight is 254 g/mol. The standard InChI is InChI=1S/C13H16ClNS/c14-9-1-5-12(6-2-9)16-13-7-10-3-4-11(8-13)15-10/h1-2,5-6,10-11,13,15H,3-4,7-8H2/t10-,11-/m1/s1. The molecule has 1 aromatic carbocycles. The van der Waals surface area contributed by atoms with Crippen LogP contribution in [0.4, 0.5) is 0 Å². The van der Waals surface area contributed by atoms with E-state index in [9.17, 15) is 0 Å². The predicted molar refractivity (Wildman–Crippen MR) is 70.3 cm³/mol. The van der Waals surface area contributed by atoms with Crippen molar-refractivity contribution in [3.63, 3.8) is 0 Å². The summed E-state index contributed by atoms with van der Waals surface area (Å²) in [6, 6.07) is 9.81. The maximum atomic E-state index is 5.89. The number of hydrogen-bond donors (Lipinski definition) is 1. The van der Waals surface area contributed by atoms with E-state index >= 15 is 0 Å². The molecule has 1 aromatic rings. The van der Waals surface area contributed by atoms with Crippen LogP contribution in [0.3, 0.4) is 0 Å². The van der Waals surface area contributed by atoms with E-state index in [4.69, 9.17) is 11.6 Å². The molecule has 0 amide bonds. The van der Waals surface area contributed by atoms with Gasteiger partial charge in [-0.3, -0.25) is 0 Å². The summed E-state index contributed by atoms with van der Waals surface area (Å²) in [5, 5.41) is 5.30. The molecule has 2 fully saturated rings. The van der Waals surface area contributed by atoms with Crippen molar-refractivity contribution in [2.45, 2.75) is 47.9 Å². The molecule has 2 heterocycles. The SMILES string of the molecule is Clc1ccc(SC2C[C@H]3CC[C@H](C2)N3)cc1.